The zero-order valence-electron chi connectivity index (χ0n) is 14.1. The number of rotatable bonds is 4. The number of aryl methyl sites for hydroxylation is 1. The van der Waals surface area contributed by atoms with E-state index in [2.05, 4.69) is 20.5 Å². The maximum absolute atomic E-state index is 12.2. The van der Waals surface area contributed by atoms with Crippen LogP contribution in [0, 0.1) is 0 Å². The van der Waals surface area contributed by atoms with E-state index in [1.807, 2.05) is 35.9 Å². The predicted molar refractivity (Wildman–Crippen MR) is 110 cm³/mol. The second-order valence-corrected chi connectivity index (χ2v) is 7.59. The van der Waals surface area contributed by atoms with Crippen molar-refractivity contribution in [3.63, 3.8) is 0 Å². The van der Waals surface area contributed by atoms with E-state index in [4.69, 9.17) is 23.2 Å². The van der Waals surface area contributed by atoms with Crippen LogP contribution in [-0.2, 0) is 11.8 Å². The third kappa shape index (κ3) is 3.58. The number of para-hydroxylation sites is 1. The summed E-state index contributed by atoms with van der Waals surface area (Å²) >= 11 is 13.1. The lowest BCUT2D eigenvalue weighted by atomic mass is 10.2. The molecule has 136 valence electrons. The largest absolute Gasteiger partial charge is 0.327 e. The summed E-state index contributed by atoms with van der Waals surface area (Å²) in [5, 5.41) is 13.5. The summed E-state index contributed by atoms with van der Waals surface area (Å²) in [7, 11) is 1.93. The van der Waals surface area contributed by atoms with Crippen LogP contribution in [0.1, 0.15) is 0 Å². The van der Waals surface area contributed by atoms with Crippen molar-refractivity contribution in [1.29, 1.82) is 0 Å². The molecule has 2 aromatic carbocycles. The van der Waals surface area contributed by atoms with Crippen LogP contribution in [0.5, 0.6) is 0 Å². The van der Waals surface area contributed by atoms with Crippen molar-refractivity contribution >= 4 is 68.6 Å². The molecular weight excluding hydrogens is 405 g/mol. The Morgan fingerprint density at radius 3 is 2.81 bits per heavy atom. The molecule has 0 aliphatic carbocycles. The first-order valence-electron chi connectivity index (χ1n) is 7.98. The zero-order chi connectivity index (χ0) is 19.0. The number of fused-ring (bicyclic) bond motifs is 3. The normalized spacial score (nSPS) is 11.2. The lowest BCUT2D eigenvalue weighted by Gasteiger charge is -2.07. The Hall–Kier alpha value is -2.35. The van der Waals surface area contributed by atoms with E-state index in [9.17, 15) is 4.79 Å². The van der Waals surface area contributed by atoms with Gasteiger partial charge in [-0.15, -0.1) is 10.2 Å². The van der Waals surface area contributed by atoms with E-state index in [1.54, 1.807) is 18.2 Å². The second-order valence-electron chi connectivity index (χ2n) is 5.80. The van der Waals surface area contributed by atoms with Crippen LogP contribution in [0.15, 0.2) is 47.6 Å². The first-order chi connectivity index (χ1) is 13.0. The molecule has 4 rings (SSSR count). The summed E-state index contributed by atoms with van der Waals surface area (Å²) in [6.07, 6.45) is 0. The molecule has 2 aromatic heterocycles. The van der Waals surface area contributed by atoms with Gasteiger partial charge >= 0.3 is 0 Å². The molecule has 0 radical (unpaired) electrons. The van der Waals surface area contributed by atoms with E-state index >= 15 is 0 Å². The number of hydrogen-bond donors (Lipinski definition) is 1. The quantitative estimate of drug-likeness (QED) is 0.492. The van der Waals surface area contributed by atoms with Gasteiger partial charge in [-0.25, -0.2) is 4.98 Å². The third-order valence-corrected chi connectivity index (χ3v) is 5.41. The number of amides is 1. The summed E-state index contributed by atoms with van der Waals surface area (Å²) in [5.41, 5.74) is 3.02. The molecular formula is C18H13Cl2N5OS. The van der Waals surface area contributed by atoms with Crippen LogP contribution < -0.4 is 5.32 Å². The number of nitrogens with one attached hydrogen (secondary N) is 1. The summed E-state index contributed by atoms with van der Waals surface area (Å²) < 4.78 is 1.97. The predicted octanol–water partition coefficient (Wildman–Crippen LogP) is 4.55. The topological polar surface area (TPSA) is 72.7 Å². The van der Waals surface area contributed by atoms with Crippen LogP contribution in [0.25, 0.3) is 22.1 Å². The highest BCUT2D eigenvalue weighted by Crippen LogP contribution is 2.27. The zero-order valence-corrected chi connectivity index (χ0v) is 16.4. The van der Waals surface area contributed by atoms with Crippen molar-refractivity contribution in [2.75, 3.05) is 11.1 Å². The van der Waals surface area contributed by atoms with E-state index in [0.717, 1.165) is 22.1 Å². The van der Waals surface area contributed by atoms with Crippen LogP contribution >= 0.6 is 35.0 Å². The Balaban J connectivity index is 1.51. The molecule has 0 aliphatic heterocycles. The molecule has 27 heavy (non-hydrogen) atoms. The molecule has 0 saturated heterocycles. The number of anilines is 1. The van der Waals surface area contributed by atoms with E-state index < -0.39 is 0 Å². The molecule has 0 bridgehead atoms. The minimum Gasteiger partial charge on any atom is -0.327 e. The minimum absolute atomic E-state index is 0.135. The number of benzene rings is 2. The Morgan fingerprint density at radius 2 is 2.00 bits per heavy atom. The molecule has 9 heteroatoms. The molecule has 0 spiro atoms. The van der Waals surface area contributed by atoms with Gasteiger partial charge in [0.1, 0.15) is 5.52 Å². The summed E-state index contributed by atoms with van der Waals surface area (Å²) in [6, 6.07) is 12.8. The van der Waals surface area contributed by atoms with Crippen LogP contribution in [0.4, 0.5) is 5.69 Å². The smallest absolute Gasteiger partial charge is 0.234 e. The maximum atomic E-state index is 12.2. The first-order valence-corrected chi connectivity index (χ1v) is 9.72. The Morgan fingerprint density at radius 1 is 1.19 bits per heavy atom. The highest BCUT2D eigenvalue weighted by Gasteiger charge is 2.14. The van der Waals surface area contributed by atoms with Gasteiger partial charge in [-0.1, -0.05) is 53.2 Å². The fraction of sp³-hybridized carbons (Fsp3) is 0.111. The number of hydrogen-bond acceptors (Lipinski definition) is 5. The Bertz CT molecular complexity index is 1180. The van der Waals surface area contributed by atoms with Gasteiger partial charge in [-0.2, -0.15) is 0 Å². The molecule has 0 fully saturated rings. The van der Waals surface area contributed by atoms with E-state index in [-0.39, 0.29) is 11.7 Å². The van der Waals surface area contributed by atoms with Crippen molar-refractivity contribution in [2.24, 2.45) is 7.05 Å². The molecule has 0 aliphatic rings. The van der Waals surface area contributed by atoms with Gasteiger partial charge in [0.05, 0.1) is 22.0 Å². The fourth-order valence-electron chi connectivity index (χ4n) is 2.76. The molecule has 1 amide bonds. The molecule has 1 N–H and O–H groups in total. The third-order valence-electron chi connectivity index (χ3n) is 4.02. The molecule has 0 saturated carbocycles. The SMILES string of the molecule is Cn1c2ccccc2c2nnc(SCC(=O)Nc3ccc(Cl)cc3Cl)nc21. The highest BCUT2D eigenvalue weighted by atomic mass is 35.5. The lowest BCUT2D eigenvalue weighted by molar-refractivity contribution is -0.113. The monoisotopic (exact) mass is 417 g/mol. The summed E-state index contributed by atoms with van der Waals surface area (Å²) in [5.74, 6) is -0.0826. The number of carbonyl (C=O) groups excluding carboxylic acids is 1. The van der Waals surface area contributed by atoms with Gasteiger partial charge in [-0.05, 0) is 24.3 Å². The number of aromatic nitrogens is 4. The van der Waals surface area contributed by atoms with Crippen molar-refractivity contribution in [2.45, 2.75) is 5.16 Å². The molecule has 0 unspecified atom stereocenters. The van der Waals surface area contributed by atoms with Crippen LogP contribution in [0.3, 0.4) is 0 Å². The minimum atomic E-state index is -0.218. The standard InChI is InChI=1S/C18H13Cl2N5OS/c1-25-14-5-3-2-4-11(14)16-17(25)22-18(24-23-16)27-9-15(26)21-13-7-6-10(19)8-12(13)20/h2-8H,9H2,1H3,(H,21,26). The van der Waals surface area contributed by atoms with Gasteiger partial charge in [-0.3, -0.25) is 4.79 Å². The fourth-order valence-corrected chi connectivity index (χ4v) is 3.80. The van der Waals surface area contributed by atoms with Gasteiger partial charge in [0.25, 0.3) is 0 Å². The van der Waals surface area contributed by atoms with Gasteiger partial charge in [0.15, 0.2) is 5.65 Å². The van der Waals surface area contributed by atoms with Gasteiger partial charge < -0.3 is 9.88 Å². The van der Waals surface area contributed by atoms with Crippen molar-refractivity contribution in [3.05, 3.63) is 52.5 Å². The van der Waals surface area contributed by atoms with Crippen molar-refractivity contribution in [1.82, 2.24) is 19.7 Å². The number of halogens is 2. The van der Waals surface area contributed by atoms with Gasteiger partial charge in [0.2, 0.25) is 11.1 Å². The average Bonchev–Trinajstić information content (AvgIpc) is 2.95. The van der Waals surface area contributed by atoms with E-state index in [1.165, 1.54) is 11.8 Å². The molecule has 2 heterocycles. The molecule has 4 aromatic rings. The molecule has 0 atom stereocenters. The van der Waals surface area contributed by atoms with Crippen molar-refractivity contribution < 1.29 is 4.79 Å². The summed E-state index contributed by atoms with van der Waals surface area (Å²) in [4.78, 5) is 16.7. The summed E-state index contributed by atoms with van der Waals surface area (Å²) in [6.45, 7) is 0. The highest BCUT2D eigenvalue weighted by molar-refractivity contribution is 7.99. The van der Waals surface area contributed by atoms with E-state index in [0.29, 0.717) is 20.9 Å². The second kappa shape index (κ2) is 7.34. The van der Waals surface area contributed by atoms with Crippen LogP contribution in [0.2, 0.25) is 10.0 Å². The number of carbonyl (C=O) groups is 1. The lowest BCUT2D eigenvalue weighted by Crippen LogP contribution is -2.14. The average molecular weight is 418 g/mol. The number of thioether (sulfide) groups is 1. The number of nitrogens with zero attached hydrogens (tertiary/aromatic N) is 4. The Labute approximate surface area is 168 Å². The van der Waals surface area contributed by atoms with Crippen LogP contribution in [-0.4, -0.2) is 31.4 Å². The van der Waals surface area contributed by atoms with Crippen molar-refractivity contribution in [3.8, 4) is 0 Å². The Kier molecular flexibility index (Phi) is 4.90. The maximum Gasteiger partial charge on any atom is 0.234 e. The van der Waals surface area contributed by atoms with Gasteiger partial charge in [0, 0.05) is 17.5 Å². The molecule has 6 nitrogen and oxygen atoms in total. The first kappa shape index (κ1) is 18.0.